The first-order valence-electron chi connectivity index (χ1n) is 5.01. The fraction of sp³-hybridized carbons (Fsp3) is 0.889. The zero-order valence-electron chi connectivity index (χ0n) is 8.44. The summed E-state index contributed by atoms with van der Waals surface area (Å²) in [6.07, 6.45) is 3.43. The van der Waals surface area contributed by atoms with E-state index in [4.69, 9.17) is 4.74 Å². The van der Waals surface area contributed by atoms with Crippen LogP contribution < -0.4 is 0 Å². The lowest BCUT2D eigenvalue weighted by molar-refractivity contribution is -0.485. The van der Waals surface area contributed by atoms with E-state index in [-0.39, 0.29) is 0 Å². The minimum absolute atomic E-state index is 0.568. The molecule has 5 heteroatoms. The predicted octanol–water partition coefficient (Wildman–Crippen LogP) is 1.85. The van der Waals surface area contributed by atoms with Gasteiger partial charge in [0.05, 0.1) is 10.8 Å². The third-order valence-corrected chi connectivity index (χ3v) is 2.50. The Labute approximate surface area is 83.3 Å². The van der Waals surface area contributed by atoms with Crippen molar-refractivity contribution in [2.75, 3.05) is 13.2 Å². The number of nitro groups is 1. The van der Waals surface area contributed by atoms with Crippen molar-refractivity contribution in [1.82, 2.24) is 0 Å². The second kappa shape index (κ2) is 5.70. The first kappa shape index (κ1) is 11.1. The van der Waals surface area contributed by atoms with Crippen LogP contribution in [0.3, 0.4) is 0 Å². The van der Waals surface area contributed by atoms with Crippen LogP contribution in [0.15, 0.2) is 5.10 Å². The average Bonchev–Trinajstić information content (AvgIpc) is 2.64. The fourth-order valence-corrected chi connectivity index (χ4v) is 1.59. The Kier molecular flexibility index (Phi) is 4.52. The summed E-state index contributed by atoms with van der Waals surface area (Å²) >= 11 is 0. The maximum atomic E-state index is 10.2. The standard InChI is InChI=1S/C9H16N2O3/c1-2-9(10-11(12)13)4-3-8-5-6-14-7-8/h8H,2-7H2,1H3/b10-9-. The third kappa shape index (κ3) is 3.83. The summed E-state index contributed by atoms with van der Waals surface area (Å²) in [5.74, 6) is 0.568. The topological polar surface area (TPSA) is 64.7 Å². The van der Waals surface area contributed by atoms with Crippen LogP contribution in [0.5, 0.6) is 0 Å². The minimum atomic E-state index is -0.607. The number of hydrogen-bond acceptors (Lipinski definition) is 3. The van der Waals surface area contributed by atoms with Crippen molar-refractivity contribution in [3.63, 3.8) is 0 Å². The summed E-state index contributed by atoms with van der Waals surface area (Å²) in [4.78, 5) is 10.2. The molecule has 1 aliphatic heterocycles. The maximum Gasteiger partial charge on any atom is 0.190 e. The summed E-state index contributed by atoms with van der Waals surface area (Å²) in [6, 6.07) is 0. The Morgan fingerprint density at radius 2 is 2.50 bits per heavy atom. The van der Waals surface area contributed by atoms with Crippen LogP contribution >= 0.6 is 0 Å². The largest absolute Gasteiger partial charge is 0.381 e. The van der Waals surface area contributed by atoms with Crippen LogP contribution in [0.2, 0.25) is 0 Å². The molecular formula is C9H16N2O3. The molecule has 1 saturated heterocycles. The summed E-state index contributed by atoms with van der Waals surface area (Å²) in [6.45, 7) is 3.53. The molecule has 80 valence electrons. The quantitative estimate of drug-likeness (QED) is 0.386. The molecule has 0 saturated carbocycles. The molecule has 14 heavy (non-hydrogen) atoms. The van der Waals surface area contributed by atoms with Crippen LogP contribution in [0.1, 0.15) is 32.6 Å². The number of hydrogen-bond donors (Lipinski definition) is 0. The molecule has 0 aliphatic carbocycles. The first-order chi connectivity index (χ1) is 6.72. The van der Waals surface area contributed by atoms with Crippen LogP contribution in [-0.4, -0.2) is 24.0 Å². The third-order valence-electron chi connectivity index (χ3n) is 2.50. The number of ether oxygens (including phenoxy) is 1. The van der Waals surface area contributed by atoms with Gasteiger partial charge >= 0.3 is 0 Å². The molecule has 0 radical (unpaired) electrons. The van der Waals surface area contributed by atoms with E-state index in [1.165, 1.54) is 0 Å². The minimum Gasteiger partial charge on any atom is -0.381 e. The maximum absolute atomic E-state index is 10.2. The Morgan fingerprint density at radius 1 is 1.71 bits per heavy atom. The molecule has 0 spiro atoms. The molecule has 0 aromatic carbocycles. The molecular weight excluding hydrogens is 184 g/mol. The Hall–Kier alpha value is -0.970. The van der Waals surface area contributed by atoms with Crippen LogP contribution in [-0.2, 0) is 4.74 Å². The molecule has 1 fully saturated rings. The van der Waals surface area contributed by atoms with Gasteiger partial charge in [-0.2, -0.15) is 0 Å². The average molecular weight is 200 g/mol. The van der Waals surface area contributed by atoms with E-state index in [1.54, 1.807) is 0 Å². The van der Waals surface area contributed by atoms with Gasteiger partial charge in [0.1, 0.15) is 0 Å². The summed E-state index contributed by atoms with van der Waals surface area (Å²) in [5, 5.41) is 12.9. The zero-order valence-corrected chi connectivity index (χ0v) is 8.44. The predicted molar refractivity (Wildman–Crippen MR) is 52.9 cm³/mol. The highest BCUT2D eigenvalue weighted by atomic mass is 16.7. The van der Waals surface area contributed by atoms with Gasteiger partial charge in [-0.1, -0.05) is 6.92 Å². The van der Waals surface area contributed by atoms with Crippen molar-refractivity contribution < 1.29 is 9.77 Å². The van der Waals surface area contributed by atoms with Crippen molar-refractivity contribution in [1.29, 1.82) is 0 Å². The first-order valence-corrected chi connectivity index (χ1v) is 5.01. The summed E-state index contributed by atoms with van der Waals surface area (Å²) in [5.41, 5.74) is 0.682. The van der Waals surface area contributed by atoms with Crippen LogP contribution in [0.25, 0.3) is 0 Å². The van der Waals surface area contributed by atoms with Crippen molar-refractivity contribution in [3.05, 3.63) is 10.1 Å². The lowest BCUT2D eigenvalue weighted by Crippen LogP contribution is -2.06. The molecule has 0 N–H and O–H groups in total. The number of nitrogens with zero attached hydrogens (tertiary/aromatic N) is 2. The SMILES string of the molecule is CC/C(CCC1CCOC1)=N/[N+](=O)[O-]. The summed E-state index contributed by atoms with van der Waals surface area (Å²) in [7, 11) is 0. The second-order valence-corrected chi connectivity index (χ2v) is 3.53. The van der Waals surface area contributed by atoms with Gasteiger partial charge in [0.2, 0.25) is 0 Å². The molecule has 0 amide bonds. The van der Waals surface area contributed by atoms with E-state index < -0.39 is 5.03 Å². The molecule has 1 unspecified atom stereocenters. The summed E-state index contributed by atoms with van der Waals surface area (Å²) < 4.78 is 5.23. The molecule has 1 heterocycles. The van der Waals surface area contributed by atoms with E-state index in [0.29, 0.717) is 18.1 Å². The van der Waals surface area contributed by atoms with Crippen molar-refractivity contribution in [2.45, 2.75) is 32.6 Å². The molecule has 1 rings (SSSR count). The van der Waals surface area contributed by atoms with Crippen LogP contribution in [0, 0.1) is 16.0 Å². The fourth-order valence-electron chi connectivity index (χ4n) is 1.59. The lowest BCUT2D eigenvalue weighted by Gasteiger charge is -2.05. The highest BCUT2D eigenvalue weighted by Crippen LogP contribution is 2.18. The molecule has 0 aromatic heterocycles. The van der Waals surface area contributed by atoms with Gasteiger partial charge in [0.15, 0.2) is 5.03 Å². The highest BCUT2D eigenvalue weighted by molar-refractivity contribution is 5.83. The van der Waals surface area contributed by atoms with Gasteiger partial charge < -0.3 is 4.74 Å². The van der Waals surface area contributed by atoms with Crippen molar-refractivity contribution >= 4 is 5.71 Å². The van der Waals surface area contributed by atoms with Crippen molar-refractivity contribution in [2.24, 2.45) is 11.0 Å². The molecule has 1 atom stereocenters. The van der Waals surface area contributed by atoms with E-state index >= 15 is 0 Å². The lowest BCUT2D eigenvalue weighted by atomic mass is 10.00. The second-order valence-electron chi connectivity index (χ2n) is 3.53. The van der Waals surface area contributed by atoms with E-state index in [2.05, 4.69) is 5.10 Å². The van der Waals surface area contributed by atoms with E-state index in [0.717, 1.165) is 32.5 Å². The van der Waals surface area contributed by atoms with Gasteiger partial charge in [-0.25, -0.2) is 10.1 Å². The van der Waals surface area contributed by atoms with Gasteiger partial charge in [-0.3, -0.25) is 0 Å². The monoisotopic (exact) mass is 200 g/mol. The number of rotatable bonds is 5. The van der Waals surface area contributed by atoms with Gasteiger partial charge in [-0.05, 0) is 31.6 Å². The molecule has 0 bridgehead atoms. The Morgan fingerprint density at radius 3 is 3.00 bits per heavy atom. The Balaban J connectivity index is 2.29. The number of hydrazone groups is 1. The molecule has 5 nitrogen and oxygen atoms in total. The van der Waals surface area contributed by atoms with Gasteiger partial charge in [0, 0.05) is 13.2 Å². The van der Waals surface area contributed by atoms with Crippen LogP contribution in [0.4, 0.5) is 0 Å². The van der Waals surface area contributed by atoms with E-state index in [1.807, 2.05) is 6.92 Å². The normalized spacial score (nSPS) is 22.6. The van der Waals surface area contributed by atoms with E-state index in [9.17, 15) is 10.1 Å². The van der Waals surface area contributed by atoms with Gasteiger partial charge in [-0.15, -0.1) is 0 Å². The smallest absolute Gasteiger partial charge is 0.190 e. The zero-order chi connectivity index (χ0) is 10.4. The highest BCUT2D eigenvalue weighted by Gasteiger charge is 2.16. The molecule has 1 aliphatic rings. The van der Waals surface area contributed by atoms with Gasteiger partial charge in [0.25, 0.3) is 0 Å². The van der Waals surface area contributed by atoms with Crippen molar-refractivity contribution in [3.8, 4) is 0 Å². The Bertz CT molecular complexity index is 222. The molecule has 0 aromatic rings.